The topological polar surface area (TPSA) is 186 Å². The van der Waals surface area contributed by atoms with Crippen LogP contribution in [0.3, 0.4) is 0 Å². The van der Waals surface area contributed by atoms with E-state index in [9.17, 15) is 37.9 Å². The molecule has 308 valence electrons. The molecule has 0 aliphatic carbocycles. The lowest BCUT2D eigenvalue weighted by Crippen LogP contribution is -2.60. The second-order valence-corrected chi connectivity index (χ2v) is 16.2. The molecule has 1 aliphatic rings. The van der Waals surface area contributed by atoms with Gasteiger partial charge in [-0.25, -0.2) is 0 Å². The number of esters is 2. The molecule has 1 aliphatic heterocycles. The number of carbonyl (C=O) groups excluding carboxylic acids is 2. The Balaban J connectivity index is 2.49. The first kappa shape index (κ1) is 48.7. The molecule has 1 heterocycles. The number of carbonyl (C=O) groups is 2. The zero-order valence-corrected chi connectivity index (χ0v) is 33.2. The summed E-state index contributed by atoms with van der Waals surface area (Å²) in [5, 5.41) is 30.8. The summed E-state index contributed by atoms with van der Waals surface area (Å²) in [4.78, 5) is 25.2. The molecule has 0 aromatic heterocycles. The summed E-state index contributed by atoms with van der Waals surface area (Å²) in [6.07, 6.45) is 18.7. The first-order valence-corrected chi connectivity index (χ1v) is 22.2. The van der Waals surface area contributed by atoms with Crippen molar-refractivity contribution in [2.45, 2.75) is 218 Å². The van der Waals surface area contributed by atoms with Crippen molar-refractivity contribution in [1.82, 2.24) is 0 Å². The molecule has 52 heavy (non-hydrogen) atoms. The van der Waals surface area contributed by atoms with Gasteiger partial charge in [0.2, 0.25) is 0 Å². The van der Waals surface area contributed by atoms with Crippen molar-refractivity contribution in [3.8, 4) is 0 Å². The van der Waals surface area contributed by atoms with Crippen LogP contribution >= 0.6 is 0 Å². The van der Waals surface area contributed by atoms with Crippen molar-refractivity contribution in [2.24, 2.45) is 0 Å². The van der Waals surface area contributed by atoms with E-state index in [1.165, 1.54) is 103 Å². The van der Waals surface area contributed by atoms with E-state index in [2.05, 4.69) is 13.8 Å². The molecule has 12 nitrogen and oxygen atoms in total. The van der Waals surface area contributed by atoms with Gasteiger partial charge in [-0.1, -0.05) is 155 Å². The minimum atomic E-state index is -4.59. The van der Waals surface area contributed by atoms with Gasteiger partial charge in [0.1, 0.15) is 36.8 Å². The van der Waals surface area contributed by atoms with Gasteiger partial charge in [-0.05, 0) is 12.8 Å². The number of aliphatic hydroxyl groups excluding tert-OH is 3. The van der Waals surface area contributed by atoms with Crippen molar-refractivity contribution < 1.29 is 56.8 Å². The fourth-order valence-electron chi connectivity index (χ4n) is 6.44. The highest BCUT2D eigenvalue weighted by atomic mass is 32.2. The highest BCUT2D eigenvalue weighted by Gasteiger charge is 2.46. The zero-order valence-electron chi connectivity index (χ0n) is 32.4. The van der Waals surface area contributed by atoms with Gasteiger partial charge in [0, 0.05) is 12.8 Å². The maximum atomic E-state index is 12.7. The molecule has 0 aromatic carbocycles. The van der Waals surface area contributed by atoms with Gasteiger partial charge in [0.15, 0.2) is 12.4 Å². The summed E-state index contributed by atoms with van der Waals surface area (Å²) in [6, 6.07) is 0. The molecule has 1 unspecified atom stereocenters. The quantitative estimate of drug-likeness (QED) is 0.0291. The Morgan fingerprint density at radius 2 is 0.981 bits per heavy atom. The van der Waals surface area contributed by atoms with Gasteiger partial charge in [-0.2, -0.15) is 8.42 Å². The molecule has 4 N–H and O–H groups in total. The van der Waals surface area contributed by atoms with Crippen LogP contribution in [-0.2, 0) is 38.7 Å². The molecule has 0 spiro atoms. The summed E-state index contributed by atoms with van der Waals surface area (Å²) in [6.45, 7) is 3.74. The normalized spacial score (nSPS) is 21.2. The molecular weight excluding hydrogens is 692 g/mol. The van der Waals surface area contributed by atoms with Crippen LogP contribution < -0.4 is 0 Å². The van der Waals surface area contributed by atoms with Crippen LogP contribution in [0.15, 0.2) is 0 Å². The smallest absolute Gasteiger partial charge is 0.306 e. The maximum Gasteiger partial charge on any atom is 0.306 e. The molecule has 1 fully saturated rings. The highest BCUT2D eigenvalue weighted by Crippen LogP contribution is 2.24. The Bertz CT molecular complexity index is 994. The molecular formula is C39H74O12S. The van der Waals surface area contributed by atoms with Crippen LogP contribution in [0.5, 0.6) is 0 Å². The third-order valence-electron chi connectivity index (χ3n) is 9.69. The van der Waals surface area contributed by atoms with Gasteiger partial charge in [0.25, 0.3) is 10.1 Å². The Morgan fingerprint density at radius 3 is 1.40 bits per heavy atom. The fraction of sp³-hybridized carbons (Fsp3) is 0.949. The standard InChI is InChI=1S/C39H74O12S/c1-3-5-7-9-11-13-15-17-19-21-23-25-27-34(40)48-29-32(30-49-39-38(44)37(43)36(42)33(51-39)31-52(45,46)47)50-35(41)28-26-24-22-20-18-16-14-12-10-8-6-4-2/h32-33,36-39,42-44H,3-31H2,1-2H3,(H,45,46,47)/t32?,33-,36-,37+,38-,39-/m1/s1. The second kappa shape index (κ2) is 30.9. The maximum absolute atomic E-state index is 12.7. The number of unbranched alkanes of at least 4 members (excludes halogenated alkanes) is 22. The van der Waals surface area contributed by atoms with E-state index in [1.54, 1.807) is 0 Å². The number of aliphatic hydroxyl groups is 3. The van der Waals surface area contributed by atoms with E-state index in [0.29, 0.717) is 12.8 Å². The van der Waals surface area contributed by atoms with E-state index < -0.39 is 71.2 Å². The fourth-order valence-corrected chi connectivity index (χ4v) is 7.13. The van der Waals surface area contributed by atoms with Gasteiger partial charge >= 0.3 is 11.9 Å². The predicted molar refractivity (Wildman–Crippen MR) is 201 cm³/mol. The van der Waals surface area contributed by atoms with Crippen LogP contribution in [0.1, 0.15) is 181 Å². The van der Waals surface area contributed by atoms with Crippen molar-refractivity contribution >= 4 is 22.1 Å². The van der Waals surface area contributed by atoms with E-state index in [4.69, 9.17) is 18.9 Å². The summed E-state index contributed by atoms with van der Waals surface area (Å²) < 4.78 is 53.9. The summed E-state index contributed by atoms with van der Waals surface area (Å²) in [7, 11) is -4.59. The number of hydrogen-bond donors (Lipinski definition) is 4. The summed E-state index contributed by atoms with van der Waals surface area (Å²) in [5.41, 5.74) is 0. The van der Waals surface area contributed by atoms with Gasteiger partial charge < -0.3 is 34.3 Å². The minimum Gasteiger partial charge on any atom is -0.462 e. The molecule has 1 rings (SSSR count). The SMILES string of the molecule is CCCCCCCCCCCCCCC(=O)OCC(CO[C@@H]1O[C@H](CS(=O)(=O)O)[C@@H](O)[C@H](O)[C@H]1O)OC(=O)CCCCCCCCCCCCCC. The Labute approximate surface area is 314 Å². The number of rotatable bonds is 34. The third kappa shape index (κ3) is 25.6. The van der Waals surface area contributed by atoms with Crippen LogP contribution in [0.2, 0.25) is 0 Å². The minimum absolute atomic E-state index is 0.171. The highest BCUT2D eigenvalue weighted by molar-refractivity contribution is 7.85. The molecule has 13 heteroatoms. The Hall–Kier alpha value is -1.35. The average molecular weight is 767 g/mol. The first-order valence-electron chi connectivity index (χ1n) is 20.6. The van der Waals surface area contributed by atoms with Crippen molar-refractivity contribution in [3.63, 3.8) is 0 Å². The van der Waals surface area contributed by atoms with Crippen molar-refractivity contribution in [3.05, 3.63) is 0 Å². The Morgan fingerprint density at radius 1 is 0.577 bits per heavy atom. The zero-order chi connectivity index (χ0) is 38.5. The van der Waals surface area contributed by atoms with Gasteiger partial charge in [-0.15, -0.1) is 0 Å². The lowest BCUT2D eigenvalue weighted by molar-refractivity contribution is -0.297. The summed E-state index contributed by atoms with van der Waals surface area (Å²) >= 11 is 0. The molecule has 0 radical (unpaired) electrons. The van der Waals surface area contributed by atoms with E-state index in [-0.39, 0.29) is 19.4 Å². The molecule has 0 aromatic rings. The number of ether oxygens (including phenoxy) is 4. The van der Waals surface area contributed by atoms with Crippen molar-refractivity contribution in [2.75, 3.05) is 19.0 Å². The van der Waals surface area contributed by atoms with Crippen LogP contribution in [-0.4, -0.2) is 96.0 Å². The Kier molecular flexibility index (Phi) is 28.9. The molecule has 1 saturated heterocycles. The average Bonchev–Trinajstić information content (AvgIpc) is 3.10. The van der Waals surface area contributed by atoms with Crippen LogP contribution in [0.25, 0.3) is 0 Å². The van der Waals surface area contributed by atoms with E-state index in [0.717, 1.165) is 38.5 Å². The van der Waals surface area contributed by atoms with E-state index in [1.807, 2.05) is 0 Å². The second-order valence-electron chi connectivity index (χ2n) is 14.7. The summed E-state index contributed by atoms with van der Waals surface area (Å²) in [5.74, 6) is -1.97. The lowest BCUT2D eigenvalue weighted by Gasteiger charge is -2.40. The molecule has 0 saturated carbocycles. The van der Waals surface area contributed by atoms with Crippen LogP contribution in [0, 0.1) is 0 Å². The van der Waals surface area contributed by atoms with Crippen LogP contribution in [0.4, 0.5) is 0 Å². The van der Waals surface area contributed by atoms with E-state index >= 15 is 0 Å². The first-order chi connectivity index (χ1) is 25.0. The molecule has 6 atom stereocenters. The lowest BCUT2D eigenvalue weighted by atomic mass is 10.00. The van der Waals surface area contributed by atoms with Gasteiger partial charge in [-0.3, -0.25) is 14.1 Å². The monoisotopic (exact) mass is 766 g/mol. The molecule has 0 bridgehead atoms. The largest absolute Gasteiger partial charge is 0.462 e. The van der Waals surface area contributed by atoms with Gasteiger partial charge in [0.05, 0.1) is 6.61 Å². The predicted octanol–water partition coefficient (Wildman–Crippen LogP) is 7.34. The number of hydrogen-bond acceptors (Lipinski definition) is 11. The van der Waals surface area contributed by atoms with Crippen molar-refractivity contribution in [1.29, 1.82) is 0 Å². The molecule has 0 amide bonds. The third-order valence-corrected chi connectivity index (χ3v) is 10.4.